The maximum absolute atomic E-state index is 3.26. The van der Waals surface area contributed by atoms with E-state index in [1.165, 1.54) is 33.4 Å². The van der Waals surface area contributed by atoms with E-state index in [0.29, 0.717) is 0 Å². The van der Waals surface area contributed by atoms with Crippen LogP contribution in [0.3, 0.4) is 0 Å². The van der Waals surface area contributed by atoms with Crippen molar-refractivity contribution in [3.05, 3.63) is 45.6 Å². The first kappa shape index (κ1) is 16.8. The summed E-state index contributed by atoms with van der Waals surface area (Å²) in [6, 6.07) is 0. The zero-order valence-corrected chi connectivity index (χ0v) is 14.4. The van der Waals surface area contributed by atoms with Gasteiger partial charge in [-0.05, 0) is 0 Å². The van der Waals surface area contributed by atoms with Gasteiger partial charge in [0.2, 0.25) is 0 Å². The third-order valence-electron chi connectivity index (χ3n) is 3.64. The van der Waals surface area contributed by atoms with E-state index in [-0.39, 0.29) is 29.1 Å². The van der Waals surface area contributed by atoms with E-state index in [4.69, 9.17) is 0 Å². The van der Waals surface area contributed by atoms with Crippen LogP contribution in [0.15, 0.2) is 33.4 Å². The van der Waals surface area contributed by atoms with Crippen molar-refractivity contribution in [1.29, 1.82) is 0 Å². The van der Waals surface area contributed by atoms with Crippen molar-refractivity contribution < 1.29 is 29.1 Å². The van der Waals surface area contributed by atoms with Gasteiger partial charge >= 0.3 is 26.2 Å². The van der Waals surface area contributed by atoms with Crippen LogP contribution in [-0.2, 0) is 26.2 Å². The van der Waals surface area contributed by atoms with Gasteiger partial charge in [0.25, 0.3) is 0 Å². The normalized spacial score (nSPS) is 18.5. The summed E-state index contributed by atoms with van der Waals surface area (Å²) in [5, 5.41) is 0. The maximum atomic E-state index is 3.26. The van der Waals surface area contributed by atoms with E-state index in [2.05, 4.69) is 53.7 Å². The molecule has 0 aromatic rings. The average Bonchev–Trinajstić information content (AvgIpc) is 2.70. The third-order valence-corrected chi connectivity index (χ3v) is 3.64. The first-order valence-electron chi connectivity index (χ1n) is 5.91. The van der Waals surface area contributed by atoms with E-state index in [0.717, 1.165) is 12.8 Å². The molecule has 0 spiro atoms. The molecule has 2 rings (SSSR count). The van der Waals surface area contributed by atoms with Crippen LogP contribution in [0.1, 0.15) is 57.2 Å². The van der Waals surface area contributed by atoms with E-state index in [9.17, 15) is 0 Å². The monoisotopic (exact) mass is 306 g/mol. The summed E-state index contributed by atoms with van der Waals surface area (Å²) in [5.74, 6) is 0. The van der Waals surface area contributed by atoms with E-state index in [1.54, 1.807) is 0 Å². The smallest absolute Gasteiger partial charge is 1.00 e. The standard InChI is InChI=1S/2C8H11.Zr.2H/c2*1-6-4-5-7(2)8(6)3;;;/h2*4H2,1-3H3;;;/q2*-1;+4;2*-1. The first-order valence-corrected chi connectivity index (χ1v) is 5.91. The van der Waals surface area contributed by atoms with Crippen LogP contribution in [0, 0.1) is 12.2 Å². The summed E-state index contributed by atoms with van der Waals surface area (Å²) in [6.07, 6.45) is 8.63. The second-order valence-electron chi connectivity index (χ2n) is 4.77. The predicted molar refractivity (Wildman–Crippen MR) is 73.1 cm³/mol. The van der Waals surface area contributed by atoms with Crippen LogP contribution in [-0.4, -0.2) is 0 Å². The van der Waals surface area contributed by atoms with Crippen molar-refractivity contribution >= 4 is 0 Å². The van der Waals surface area contributed by atoms with E-state index < -0.39 is 0 Å². The van der Waals surface area contributed by atoms with Gasteiger partial charge in [0, 0.05) is 0 Å². The van der Waals surface area contributed by atoms with Crippen LogP contribution in [0.4, 0.5) is 0 Å². The molecule has 0 fully saturated rings. The quantitative estimate of drug-likeness (QED) is 0.541. The molecule has 0 aliphatic heterocycles. The molecule has 0 N–H and O–H groups in total. The molecule has 0 atom stereocenters. The molecule has 2 aliphatic carbocycles. The van der Waals surface area contributed by atoms with Crippen LogP contribution in [0.5, 0.6) is 0 Å². The Hall–Kier alpha value is -0.157. The fourth-order valence-electron chi connectivity index (χ4n) is 1.70. The molecule has 2 aliphatic rings. The molecule has 17 heavy (non-hydrogen) atoms. The van der Waals surface area contributed by atoms with Crippen LogP contribution >= 0.6 is 0 Å². The molecule has 92 valence electrons. The fraction of sp³-hybridized carbons (Fsp3) is 0.500. The van der Waals surface area contributed by atoms with Crippen molar-refractivity contribution in [2.45, 2.75) is 54.4 Å². The molecule has 0 bridgehead atoms. The molecular formula is C16H24Zr. The number of rotatable bonds is 0. The molecule has 0 aromatic carbocycles. The van der Waals surface area contributed by atoms with Crippen molar-refractivity contribution in [3.8, 4) is 0 Å². The Morgan fingerprint density at radius 2 is 1.00 bits per heavy atom. The molecule has 0 saturated carbocycles. The molecule has 0 amide bonds. The van der Waals surface area contributed by atoms with E-state index >= 15 is 0 Å². The third kappa shape index (κ3) is 4.55. The molecule has 0 saturated heterocycles. The van der Waals surface area contributed by atoms with Gasteiger partial charge < -0.3 is 2.85 Å². The Morgan fingerprint density at radius 3 is 1.06 bits per heavy atom. The number of hydrogen-bond acceptors (Lipinski definition) is 0. The van der Waals surface area contributed by atoms with Crippen molar-refractivity contribution in [2.75, 3.05) is 0 Å². The molecule has 0 aromatic heterocycles. The van der Waals surface area contributed by atoms with E-state index in [1.807, 2.05) is 0 Å². The number of allylic oxidation sites excluding steroid dienone is 8. The topological polar surface area (TPSA) is 0 Å². The maximum Gasteiger partial charge on any atom is 4.00 e. The Balaban J connectivity index is -0.000000233. The van der Waals surface area contributed by atoms with Crippen molar-refractivity contribution in [1.82, 2.24) is 0 Å². The zero-order valence-electron chi connectivity index (χ0n) is 13.9. The number of hydrogen-bond donors (Lipinski definition) is 0. The zero-order chi connectivity index (χ0) is 12.3. The molecule has 0 radical (unpaired) electrons. The fourth-order valence-corrected chi connectivity index (χ4v) is 1.70. The summed E-state index contributed by atoms with van der Waals surface area (Å²) >= 11 is 0. The Kier molecular flexibility index (Phi) is 7.25. The Labute approximate surface area is 129 Å². The van der Waals surface area contributed by atoms with Gasteiger partial charge in [0.15, 0.2) is 0 Å². The SMILES string of the molecule is CC1=[C-]CC(C)=C1C.CC1=[C-]CC(C)=C1C.[H-].[H-].[Zr+4]. The molecular weight excluding hydrogens is 283 g/mol. The Bertz CT molecular complexity index is 361. The van der Waals surface area contributed by atoms with Gasteiger partial charge in [0.1, 0.15) is 0 Å². The van der Waals surface area contributed by atoms with Gasteiger partial charge in [-0.25, -0.2) is 11.1 Å². The van der Waals surface area contributed by atoms with Crippen LogP contribution in [0.2, 0.25) is 0 Å². The van der Waals surface area contributed by atoms with Gasteiger partial charge in [-0.3, -0.25) is 12.2 Å². The molecule has 0 unspecified atom stereocenters. The summed E-state index contributed by atoms with van der Waals surface area (Å²) < 4.78 is 0. The second kappa shape index (κ2) is 7.32. The van der Waals surface area contributed by atoms with Gasteiger partial charge in [-0.1, -0.05) is 27.7 Å². The summed E-state index contributed by atoms with van der Waals surface area (Å²) in [4.78, 5) is 0. The first-order chi connectivity index (χ1) is 7.43. The summed E-state index contributed by atoms with van der Waals surface area (Å²) in [7, 11) is 0. The molecule has 1 heteroatoms. The summed E-state index contributed by atoms with van der Waals surface area (Å²) in [5.41, 5.74) is 8.49. The predicted octanol–water partition coefficient (Wildman–Crippen LogP) is 5.17. The minimum atomic E-state index is 0. The van der Waals surface area contributed by atoms with Crippen LogP contribution < -0.4 is 0 Å². The van der Waals surface area contributed by atoms with Gasteiger partial charge in [-0.15, -0.1) is 26.7 Å². The van der Waals surface area contributed by atoms with Crippen molar-refractivity contribution in [3.63, 3.8) is 0 Å². The summed E-state index contributed by atoms with van der Waals surface area (Å²) in [6.45, 7) is 12.9. The Morgan fingerprint density at radius 1 is 0.706 bits per heavy atom. The molecule has 0 heterocycles. The minimum Gasteiger partial charge on any atom is -1.00 e. The second-order valence-corrected chi connectivity index (χ2v) is 4.77. The largest absolute Gasteiger partial charge is 4.00 e. The molecule has 0 nitrogen and oxygen atoms in total. The van der Waals surface area contributed by atoms with Gasteiger partial charge in [-0.2, -0.15) is 22.3 Å². The van der Waals surface area contributed by atoms with Crippen molar-refractivity contribution in [2.24, 2.45) is 0 Å². The van der Waals surface area contributed by atoms with Crippen LogP contribution in [0.25, 0.3) is 0 Å². The minimum absolute atomic E-state index is 0. The average molecular weight is 308 g/mol. The van der Waals surface area contributed by atoms with Gasteiger partial charge in [0.05, 0.1) is 0 Å².